The van der Waals surface area contributed by atoms with Crippen LogP contribution >= 0.6 is 0 Å². The fourth-order valence-electron chi connectivity index (χ4n) is 5.28. The minimum Gasteiger partial charge on any atom is -0.396 e. The molecule has 0 spiro atoms. The molecule has 1 saturated heterocycles. The summed E-state index contributed by atoms with van der Waals surface area (Å²) in [5, 5.41) is 13.9. The Hall–Kier alpha value is -3.02. The summed E-state index contributed by atoms with van der Waals surface area (Å²) in [5.41, 5.74) is 3.81. The fraction of sp³-hybridized carbons (Fsp3) is 0.269. The van der Waals surface area contributed by atoms with E-state index in [-0.39, 0.29) is 36.3 Å². The number of benzene rings is 3. The van der Waals surface area contributed by atoms with E-state index in [9.17, 15) is 14.3 Å². The molecule has 1 fully saturated rings. The van der Waals surface area contributed by atoms with Gasteiger partial charge in [-0.2, -0.15) is 0 Å². The number of carbonyl (C=O) groups excluding carboxylic acids is 1. The molecule has 3 aromatic carbocycles. The summed E-state index contributed by atoms with van der Waals surface area (Å²) in [7, 11) is 0. The second kappa shape index (κ2) is 8.25. The highest BCUT2D eigenvalue weighted by Crippen LogP contribution is 2.51. The molecule has 4 nitrogen and oxygen atoms in total. The summed E-state index contributed by atoms with van der Waals surface area (Å²) in [6, 6.07) is 24.2. The van der Waals surface area contributed by atoms with Gasteiger partial charge in [-0.3, -0.25) is 9.80 Å². The quantitative estimate of drug-likeness (QED) is 0.689. The summed E-state index contributed by atoms with van der Waals surface area (Å²) in [5.74, 6) is -0.316. The molecule has 1 amide bonds. The third-order valence-electron chi connectivity index (χ3n) is 6.54. The topological polar surface area (TPSA) is 43.8 Å². The van der Waals surface area contributed by atoms with Crippen LogP contribution in [0, 0.1) is 5.82 Å². The minimum atomic E-state index is -0.231. The minimum absolute atomic E-state index is 0.0105. The zero-order valence-corrected chi connectivity index (χ0v) is 17.2. The summed E-state index contributed by atoms with van der Waals surface area (Å²) >= 11 is 0. The van der Waals surface area contributed by atoms with Crippen molar-refractivity contribution in [3.05, 3.63) is 107 Å². The predicted octanol–water partition coefficient (Wildman–Crippen LogP) is 4.33. The maximum atomic E-state index is 14.0. The summed E-state index contributed by atoms with van der Waals surface area (Å²) in [4.78, 5) is 13.7. The zero-order valence-electron chi connectivity index (χ0n) is 17.2. The average Bonchev–Trinajstić information content (AvgIpc) is 3.14. The van der Waals surface area contributed by atoms with Crippen molar-refractivity contribution in [2.45, 2.75) is 30.8 Å². The first kappa shape index (κ1) is 19.9. The van der Waals surface area contributed by atoms with E-state index >= 15 is 0 Å². The van der Waals surface area contributed by atoms with Crippen molar-refractivity contribution in [2.75, 3.05) is 13.2 Å². The lowest BCUT2D eigenvalue weighted by Gasteiger charge is -2.38. The molecule has 5 rings (SSSR count). The number of aliphatic hydroxyl groups is 1. The number of carbonyl (C=O) groups is 1. The average molecular weight is 416 g/mol. The highest BCUT2D eigenvalue weighted by molar-refractivity contribution is 5.94. The van der Waals surface area contributed by atoms with Crippen LogP contribution in [0.25, 0.3) is 0 Å². The van der Waals surface area contributed by atoms with Crippen molar-refractivity contribution < 1.29 is 14.3 Å². The van der Waals surface area contributed by atoms with E-state index in [0.717, 1.165) is 16.7 Å². The van der Waals surface area contributed by atoms with E-state index in [4.69, 9.17) is 0 Å². The van der Waals surface area contributed by atoms with Crippen molar-refractivity contribution >= 4 is 5.91 Å². The Balaban J connectivity index is 1.66. The number of rotatable bonds is 4. The molecule has 0 saturated carbocycles. The van der Waals surface area contributed by atoms with Crippen molar-refractivity contribution in [3.8, 4) is 0 Å². The molecule has 3 atom stereocenters. The van der Waals surface area contributed by atoms with Gasteiger partial charge in [-0.25, -0.2) is 9.40 Å². The van der Waals surface area contributed by atoms with Crippen molar-refractivity contribution in [1.29, 1.82) is 0 Å². The smallest absolute Gasteiger partial charge is 0.268 e. The van der Waals surface area contributed by atoms with Gasteiger partial charge in [0.1, 0.15) is 5.82 Å². The van der Waals surface area contributed by atoms with Gasteiger partial charge in [-0.15, -0.1) is 0 Å². The molecule has 3 aromatic rings. The molecule has 2 aliphatic rings. The molecule has 1 N–H and O–H groups in total. The molecule has 158 valence electrons. The van der Waals surface area contributed by atoms with Gasteiger partial charge in [-0.1, -0.05) is 54.6 Å². The Labute approximate surface area is 181 Å². The lowest BCUT2D eigenvalue weighted by molar-refractivity contribution is -0.0183. The summed E-state index contributed by atoms with van der Waals surface area (Å²) < 4.78 is 14.0. The van der Waals surface area contributed by atoms with Crippen LogP contribution in [0.15, 0.2) is 78.9 Å². The second-order valence-corrected chi connectivity index (χ2v) is 8.23. The number of aliphatic hydroxyl groups excluding tert-OH is 1. The van der Waals surface area contributed by atoms with Crippen molar-refractivity contribution in [1.82, 2.24) is 10.0 Å². The molecule has 0 aromatic heterocycles. The van der Waals surface area contributed by atoms with E-state index in [1.807, 2.05) is 59.6 Å². The first-order valence-corrected chi connectivity index (χ1v) is 10.8. The first-order valence-electron chi connectivity index (χ1n) is 10.8. The van der Waals surface area contributed by atoms with Crippen molar-refractivity contribution in [2.24, 2.45) is 0 Å². The maximum absolute atomic E-state index is 14.0. The number of fused-ring (bicyclic) bond motifs is 3. The van der Waals surface area contributed by atoms with Gasteiger partial charge in [0.25, 0.3) is 5.91 Å². The summed E-state index contributed by atoms with van der Waals surface area (Å²) in [6.07, 6.45) is 1.15. The molecule has 0 aliphatic carbocycles. The van der Waals surface area contributed by atoms with E-state index in [1.54, 1.807) is 6.07 Å². The van der Waals surface area contributed by atoms with Gasteiger partial charge in [0.2, 0.25) is 0 Å². The monoisotopic (exact) mass is 416 g/mol. The van der Waals surface area contributed by atoms with Gasteiger partial charge >= 0.3 is 0 Å². The van der Waals surface area contributed by atoms with Crippen LogP contribution in [0.2, 0.25) is 0 Å². The van der Waals surface area contributed by atoms with Gasteiger partial charge in [0, 0.05) is 24.6 Å². The molecule has 0 radical (unpaired) electrons. The molecule has 5 heteroatoms. The normalized spacial score (nSPS) is 22.8. The Kier molecular flexibility index (Phi) is 5.30. The Morgan fingerprint density at radius 3 is 2.42 bits per heavy atom. The third kappa shape index (κ3) is 3.44. The van der Waals surface area contributed by atoms with E-state index in [1.165, 1.54) is 6.07 Å². The Bertz CT molecular complexity index is 1070. The standard InChI is InChI=1S/C26H25FN2O2/c27-21-11-12-22-20(17-21)13-15-28-25(22)24(18-7-3-1-4-8-18)23(14-16-30)29(28)26(31)19-9-5-2-6-10-19/h1-12,17,23-25,30H,13-16H2/t23-,24-,25+/m0/s1. The molecule has 2 heterocycles. The number of halogens is 1. The molecule has 0 unspecified atom stereocenters. The van der Waals surface area contributed by atoms with Gasteiger partial charge in [-0.05, 0) is 53.8 Å². The van der Waals surface area contributed by atoms with E-state index in [2.05, 4.69) is 17.1 Å². The number of hydrazine groups is 1. The van der Waals surface area contributed by atoms with E-state index in [0.29, 0.717) is 24.9 Å². The molecular weight excluding hydrogens is 391 g/mol. The van der Waals surface area contributed by atoms with Gasteiger partial charge in [0.05, 0.1) is 12.1 Å². The number of hydrogen-bond donors (Lipinski definition) is 1. The highest BCUT2D eigenvalue weighted by Gasteiger charge is 2.52. The number of amides is 1. The largest absolute Gasteiger partial charge is 0.396 e. The predicted molar refractivity (Wildman–Crippen MR) is 117 cm³/mol. The lowest BCUT2D eigenvalue weighted by atomic mass is 9.79. The highest BCUT2D eigenvalue weighted by atomic mass is 19.1. The SMILES string of the molecule is O=C(c1ccccc1)N1[C@@H](CCO)[C@H](c2ccccc2)[C@H]2c3ccc(F)cc3CCN21. The maximum Gasteiger partial charge on any atom is 0.268 e. The van der Waals surface area contributed by atoms with Crippen LogP contribution < -0.4 is 0 Å². The Morgan fingerprint density at radius 2 is 1.71 bits per heavy atom. The zero-order chi connectivity index (χ0) is 21.4. The van der Waals surface area contributed by atoms with Crippen LogP contribution in [0.5, 0.6) is 0 Å². The molecule has 2 aliphatic heterocycles. The Morgan fingerprint density at radius 1 is 1.00 bits per heavy atom. The van der Waals surface area contributed by atoms with Crippen molar-refractivity contribution in [3.63, 3.8) is 0 Å². The van der Waals surface area contributed by atoms with Crippen LogP contribution in [0.1, 0.15) is 45.4 Å². The van der Waals surface area contributed by atoms with Gasteiger partial charge < -0.3 is 5.11 Å². The van der Waals surface area contributed by atoms with E-state index < -0.39 is 0 Å². The molecule has 31 heavy (non-hydrogen) atoms. The second-order valence-electron chi connectivity index (χ2n) is 8.23. The molecular formula is C26H25FN2O2. The summed E-state index contributed by atoms with van der Waals surface area (Å²) in [6.45, 7) is 0.619. The fourth-order valence-corrected chi connectivity index (χ4v) is 5.28. The van der Waals surface area contributed by atoms with Gasteiger partial charge in [0.15, 0.2) is 0 Å². The molecule has 0 bridgehead atoms. The van der Waals surface area contributed by atoms with Crippen LogP contribution in [-0.2, 0) is 6.42 Å². The lowest BCUT2D eigenvalue weighted by Crippen LogP contribution is -2.48. The third-order valence-corrected chi connectivity index (χ3v) is 6.54. The van der Waals surface area contributed by atoms with Crippen LogP contribution in [-0.4, -0.2) is 40.2 Å². The first-order chi connectivity index (χ1) is 15.2. The van der Waals surface area contributed by atoms with Crippen LogP contribution in [0.4, 0.5) is 4.39 Å². The number of hydrogen-bond acceptors (Lipinski definition) is 3. The van der Waals surface area contributed by atoms with Crippen LogP contribution in [0.3, 0.4) is 0 Å². The number of nitrogens with zero attached hydrogens (tertiary/aromatic N) is 2.